The van der Waals surface area contributed by atoms with E-state index in [1.165, 1.54) is 6.07 Å². The summed E-state index contributed by atoms with van der Waals surface area (Å²) in [6.45, 7) is 4.42. The normalized spacial score (nSPS) is 11.7. The Hall–Kier alpha value is -1.09. The number of anilines is 1. The highest BCUT2D eigenvalue weighted by Gasteiger charge is 2.19. The van der Waals surface area contributed by atoms with Crippen molar-refractivity contribution in [2.75, 3.05) is 12.3 Å². The summed E-state index contributed by atoms with van der Waals surface area (Å²) in [5.74, 6) is -0.376. The van der Waals surface area contributed by atoms with Gasteiger partial charge in [0.1, 0.15) is 5.82 Å². The SMILES string of the molecule is CC(C)(CN)c1ccc(N)c(F)c1. The third-order valence-electron chi connectivity index (χ3n) is 2.29. The van der Waals surface area contributed by atoms with Crippen LogP contribution in [-0.4, -0.2) is 6.54 Å². The fraction of sp³-hybridized carbons (Fsp3) is 0.400. The van der Waals surface area contributed by atoms with E-state index in [9.17, 15) is 4.39 Å². The molecule has 72 valence electrons. The quantitative estimate of drug-likeness (QED) is 0.683. The Kier molecular flexibility index (Phi) is 2.57. The first-order valence-electron chi connectivity index (χ1n) is 4.23. The maximum Gasteiger partial charge on any atom is 0.146 e. The molecule has 0 aliphatic rings. The zero-order valence-electron chi connectivity index (χ0n) is 7.97. The minimum absolute atomic E-state index is 0.177. The number of nitrogen functional groups attached to an aromatic ring is 1. The molecule has 0 saturated carbocycles. The largest absolute Gasteiger partial charge is 0.396 e. The highest BCUT2D eigenvalue weighted by Crippen LogP contribution is 2.24. The lowest BCUT2D eigenvalue weighted by atomic mass is 9.85. The lowest BCUT2D eigenvalue weighted by Crippen LogP contribution is -2.28. The van der Waals surface area contributed by atoms with Crippen molar-refractivity contribution in [1.82, 2.24) is 0 Å². The van der Waals surface area contributed by atoms with Gasteiger partial charge in [-0.15, -0.1) is 0 Å². The molecule has 0 aliphatic heterocycles. The maximum absolute atomic E-state index is 13.1. The zero-order chi connectivity index (χ0) is 10.1. The first-order chi connectivity index (χ1) is 5.97. The van der Waals surface area contributed by atoms with E-state index in [-0.39, 0.29) is 16.9 Å². The average molecular weight is 182 g/mol. The van der Waals surface area contributed by atoms with E-state index in [1.807, 2.05) is 19.9 Å². The molecular weight excluding hydrogens is 167 g/mol. The molecule has 0 amide bonds. The van der Waals surface area contributed by atoms with Crippen molar-refractivity contribution in [2.24, 2.45) is 5.73 Å². The van der Waals surface area contributed by atoms with Crippen LogP contribution in [0.25, 0.3) is 0 Å². The van der Waals surface area contributed by atoms with Gasteiger partial charge in [-0.05, 0) is 17.7 Å². The van der Waals surface area contributed by atoms with E-state index < -0.39 is 0 Å². The van der Waals surface area contributed by atoms with Gasteiger partial charge in [-0.1, -0.05) is 19.9 Å². The van der Waals surface area contributed by atoms with Crippen LogP contribution in [-0.2, 0) is 5.41 Å². The Balaban J connectivity index is 3.10. The number of benzene rings is 1. The molecule has 0 aliphatic carbocycles. The molecule has 0 saturated heterocycles. The van der Waals surface area contributed by atoms with Gasteiger partial charge in [0.05, 0.1) is 5.69 Å². The molecule has 1 aromatic rings. The second kappa shape index (κ2) is 3.34. The average Bonchev–Trinajstić information content (AvgIpc) is 2.09. The van der Waals surface area contributed by atoms with Crippen LogP contribution in [0, 0.1) is 5.82 Å². The molecule has 0 fully saturated rings. The summed E-state index contributed by atoms with van der Waals surface area (Å²) in [6, 6.07) is 4.83. The molecule has 1 aromatic carbocycles. The lowest BCUT2D eigenvalue weighted by Gasteiger charge is -2.23. The van der Waals surface area contributed by atoms with Gasteiger partial charge >= 0.3 is 0 Å². The molecule has 1 rings (SSSR count). The predicted molar refractivity (Wildman–Crippen MR) is 52.9 cm³/mol. The summed E-state index contributed by atoms with van der Waals surface area (Å²) in [4.78, 5) is 0. The van der Waals surface area contributed by atoms with E-state index in [1.54, 1.807) is 6.07 Å². The minimum Gasteiger partial charge on any atom is -0.396 e. The molecule has 2 nitrogen and oxygen atoms in total. The van der Waals surface area contributed by atoms with Crippen molar-refractivity contribution in [1.29, 1.82) is 0 Å². The van der Waals surface area contributed by atoms with Gasteiger partial charge in [0.2, 0.25) is 0 Å². The van der Waals surface area contributed by atoms with Crippen LogP contribution < -0.4 is 11.5 Å². The lowest BCUT2D eigenvalue weighted by molar-refractivity contribution is 0.531. The van der Waals surface area contributed by atoms with Gasteiger partial charge in [-0.25, -0.2) is 4.39 Å². The summed E-state index contributed by atoms with van der Waals surface area (Å²) >= 11 is 0. The van der Waals surface area contributed by atoms with E-state index in [4.69, 9.17) is 11.5 Å². The summed E-state index contributed by atoms with van der Waals surface area (Å²) in [7, 11) is 0. The number of hydrogen-bond donors (Lipinski definition) is 2. The highest BCUT2D eigenvalue weighted by atomic mass is 19.1. The molecule has 0 atom stereocenters. The van der Waals surface area contributed by atoms with Crippen molar-refractivity contribution >= 4 is 5.69 Å². The summed E-state index contributed by atoms with van der Waals surface area (Å²) < 4.78 is 13.1. The Labute approximate surface area is 77.7 Å². The monoisotopic (exact) mass is 182 g/mol. The molecule has 0 radical (unpaired) electrons. The van der Waals surface area contributed by atoms with Gasteiger partial charge in [-0.2, -0.15) is 0 Å². The van der Waals surface area contributed by atoms with Crippen molar-refractivity contribution in [2.45, 2.75) is 19.3 Å². The molecule has 0 spiro atoms. The molecule has 0 unspecified atom stereocenters. The molecule has 0 bridgehead atoms. The van der Waals surface area contributed by atoms with Crippen molar-refractivity contribution in [3.05, 3.63) is 29.6 Å². The fourth-order valence-electron chi connectivity index (χ4n) is 1.07. The minimum atomic E-state index is -0.376. The summed E-state index contributed by atoms with van der Waals surface area (Å²) in [6.07, 6.45) is 0. The molecular formula is C10H15FN2. The van der Waals surface area contributed by atoms with Gasteiger partial charge in [0.25, 0.3) is 0 Å². The molecule has 0 aromatic heterocycles. The number of nitrogens with two attached hydrogens (primary N) is 2. The third-order valence-corrected chi connectivity index (χ3v) is 2.29. The van der Waals surface area contributed by atoms with Gasteiger partial charge < -0.3 is 11.5 Å². The van der Waals surface area contributed by atoms with E-state index in [2.05, 4.69) is 0 Å². The summed E-state index contributed by atoms with van der Waals surface area (Å²) in [5.41, 5.74) is 11.8. The van der Waals surface area contributed by atoms with Crippen molar-refractivity contribution in [3.63, 3.8) is 0 Å². The standard InChI is InChI=1S/C10H15FN2/c1-10(2,6-12)7-3-4-9(13)8(11)5-7/h3-5H,6,12-13H2,1-2H3. The highest BCUT2D eigenvalue weighted by molar-refractivity contribution is 5.43. The van der Waals surface area contributed by atoms with Crippen LogP contribution in [0.3, 0.4) is 0 Å². The van der Waals surface area contributed by atoms with E-state index in [0.717, 1.165) is 5.56 Å². The molecule has 4 N–H and O–H groups in total. The fourth-order valence-corrected chi connectivity index (χ4v) is 1.07. The van der Waals surface area contributed by atoms with Crippen molar-refractivity contribution < 1.29 is 4.39 Å². The van der Waals surface area contributed by atoms with Crippen LogP contribution in [0.5, 0.6) is 0 Å². The van der Waals surface area contributed by atoms with Crippen LogP contribution in [0.4, 0.5) is 10.1 Å². The van der Waals surface area contributed by atoms with Crippen LogP contribution in [0.1, 0.15) is 19.4 Å². The number of hydrogen-bond acceptors (Lipinski definition) is 2. The van der Waals surface area contributed by atoms with Crippen LogP contribution in [0.2, 0.25) is 0 Å². The van der Waals surface area contributed by atoms with Gasteiger partial charge in [-0.3, -0.25) is 0 Å². The Bertz CT molecular complexity index is 308. The first kappa shape index (κ1) is 9.99. The second-order valence-electron chi connectivity index (χ2n) is 3.82. The predicted octanol–water partition coefficient (Wildman–Crippen LogP) is 1.64. The van der Waals surface area contributed by atoms with Gasteiger partial charge in [0.15, 0.2) is 0 Å². The van der Waals surface area contributed by atoms with Crippen LogP contribution >= 0.6 is 0 Å². The smallest absolute Gasteiger partial charge is 0.146 e. The Morgan fingerprint density at radius 1 is 1.38 bits per heavy atom. The third kappa shape index (κ3) is 1.98. The molecule has 0 heterocycles. The van der Waals surface area contributed by atoms with E-state index in [0.29, 0.717) is 6.54 Å². The summed E-state index contributed by atoms with van der Waals surface area (Å²) in [5, 5.41) is 0. The number of rotatable bonds is 2. The topological polar surface area (TPSA) is 52.0 Å². The Morgan fingerprint density at radius 3 is 2.46 bits per heavy atom. The Morgan fingerprint density at radius 2 is 2.00 bits per heavy atom. The van der Waals surface area contributed by atoms with E-state index >= 15 is 0 Å². The second-order valence-corrected chi connectivity index (χ2v) is 3.82. The van der Waals surface area contributed by atoms with Crippen LogP contribution in [0.15, 0.2) is 18.2 Å². The molecule has 13 heavy (non-hydrogen) atoms. The number of halogens is 1. The maximum atomic E-state index is 13.1. The van der Waals surface area contributed by atoms with Gasteiger partial charge in [0, 0.05) is 12.0 Å². The zero-order valence-corrected chi connectivity index (χ0v) is 7.97. The molecule has 3 heteroatoms. The van der Waals surface area contributed by atoms with Crippen molar-refractivity contribution in [3.8, 4) is 0 Å². The first-order valence-corrected chi connectivity index (χ1v) is 4.23.